The molecule has 1 aliphatic rings. The fourth-order valence-electron chi connectivity index (χ4n) is 2.33. The minimum Gasteiger partial charge on any atom is -0.408 e. The molecule has 9 heteroatoms. The standard InChI is InChI=1S/C13H13F2N3O3.ClH/c1-18-9-4-7(2-3-10(9)21-12(18)20)17-11(19)8-5-13(14,15)6-16-8;/h2-4,8,16H,5-6H2,1H3,(H,17,19);1H. The lowest BCUT2D eigenvalue weighted by Crippen LogP contribution is -2.35. The Kier molecular flexibility index (Phi) is 4.25. The molecule has 1 aromatic carbocycles. The van der Waals surface area contributed by atoms with E-state index in [9.17, 15) is 18.4 Å². The van der Waals surface area contributed by atoms with Gasteiger partial charge in [0, 0.05) is 19.2 Å². The van der Waals surface area contributed by atoms with Crippen LogP contribution in [0, 0.1) is 0 Å². The molecule has 1 saturated heterocycles. The molecule has 1 unspecified atom stereocenters. The number of aryl methyl sites for hydroxylation is 1. The van der Waals surface area contributed by atoms with E-state index in [2.05, 4.69) is 10.6 Å². The van der Waals surface area contributed by atoms with Gasteiger partial charge in [0.1, 0.15) is 0 Å². The van der Waals surface area contributed by atoms with Crippen molar-refractivity contribution in [1.82, 2.24) is 9.88 Å². The van der Waals surface area contributed by atoms with Crippen molar-refractivity contribution >= 4 is 35.1 Å². The Morgan fingerprint density at radius 1 is 1.50 bits per heavy atom. The molecule has 0 spiro atoms. The molecule has 2 aromatic rings. The monoisotopic (exact) mass is 333 g/mol. The van der Waals surface area contributed by atoms with Crippen LogP contribution in [0.3, 0.4) is 0 Å². The topological polar surface area (TPSA) is 76.3 Å². The average Bonchev–Trinajstić information content (AvgIpc) is 2.92. The van der Waals surface area contributed by atoms with Gasteiger partial charge in [-0.1, -0.05) is 0 Å². The van der Waals surface area contributed by atoms with Gasteiger partial charge in [-0.25, -0.2) is 13.6 Å². The number of carbonyl (C=O) groups excluding carboxylic acids is 1. The number of nitrogens with zero attached hydrogens (tertiary/aromatic N) is 1. The minimum absolute atomic E-state index is 0. The summed E-state index contributed by atoms with van der Waals surface area (Å²) in [7, 11) is 1.54. The molecule has 1 fully saturated rings. The quantitative estimate of drug-likeness (QED) is 0.873. The van der Waals surface area contributed by atoms with E-state index in [1.807, 2.05) is 0 Å². The van der Waals surface area contributed by atoms with Crippen molar-refractivity contribution in [3.8, 4) is 0 Å². The van der Waals surface area contributed by atoms with E-state index in [1.165, 1.54) is 4.57 Å². The SMILES string of the molecule is Cl.Cn1c(=O)oc2ccc(NC(=O)C3CC(F)(F)CN3)cc21. The molecular formula is C13H14ClF2N3O3. The number of anilines is 1. The second kappa shape index (κ2) is 5.69. The second-order valence-corrected chi connectivity index (χ2v) is 5.09. The van der Waals surface area contributed by atoms with E-state index < -0.39 is 36.6 Å². The van der Waals surface area contributed by atoms with Gasteiger partial charge in [0.25, 0.3) is 5.92 Å². The molecule has 1 amide bonds. The van der Waals surface area contributed by atoms with Crippen molar-refractivity contribution < 1.29 is 18.0 Å². The maximum absolute atomic E-state index is 13.1. The number of amides is 1. The summed E-state index contributed by atoms with van der Waals surface area (Å²) in [5.74, 6) is -3.90. The van der Waals surface area contributed by atoms with Crippen molar-refractivity contribution in [3.05, 3.63) is 28.7 Å². The maximum Gasteiger partial charge on any atom is 0.419 e. The van der Waals surface area contributed by atoms with Gasteiger partial charge in [-0.3, -0.25) is 14.7 Å². The zero-order valence-corrected chi connectivity index (χ0v) is 12.4. The smallest absolute Gasteiger partial charge is 0.408 e. The maximum atomic E-state index is 13.1. The number of benzene rings is 1. The van der Waals surface area contributed by atoms with Gasteiger partial charge in [-0.2, -0.15) is 0 Å². The van der Waals surface area contributed by atoms with Crippen LogP contribution in [0.25, 0.3) is 11.1 Å². The number of carbonyl (C=O) groups is 1. The lowest BCUT2D eigenvalue weighted by atomic mass is 10.2. The molecule has 1 aromatic heterocycles. The Balaban J connectivity index is 0.00000176. The first-order valence-electron chi connectivity index (χ1n) is 6.37. The molecule has 1 atom stereocenters. The van der Waals surface area contributed by atoms with Gasteiger partial charge < -0.3 is 9.73 Å². The van der Waals surface area contributed by atoms with E-state index in [-0.39, 0.29) is 12.4 Å². The first kappa shape index (κ1) is 16.4. The molecule has 22 heavy (non-hydrogen) atoms. The third-order valence-corrected chi connectivity index (χ3v) is 3.49. The van der Waals surface area contributed by atoms with Crippen LogP contribution >= 0.6 is 12.4 Å². The zero-order valence-electron chi connectivity index (χ0n) is 11.6. The van der Waals surface area contributed by atoms with Crippen molar-refractivity contribution in [2.75, 3.05) is 11.9 Å². The summed E-state index contributed by atoms with van der Waals surface area (Å²) < 4.78 is 32.4. The lowest BCUT2D eigenvalue weighted by Gasteiger charge is -2.11. The van der Waals surface area contributed by atoms with Gasteiger partial charge in [-0.05, 0) is 18.2 Å². The Bertz CT molecular complexity index is 771. The number of oxazole rings is 1. The summed E-state index contributed by atoms with van der Waals surface area (Å²) in [6.45, 7) is -0.500. The molecule has 0 bridgehead atoms. The molecule has 0 saturated carbocycles. The predicted octanol–water partition coefficient (Wildman–Crippen LogP) is 1.49. The van der Waals surface area contributed by atoms with E-state index in [0.29, 0.717) is 16.8 Å². The number of hydrogen-bond acceptors (Lipinski definition) is 4. The Morgan fingerprint density at radius 2 is 2.23 bits per heavy atom. The Morgan fingerprint density at radius 3 is 2.86 bits per heavy atom. The third-order valence-electron chi connectivity index (χ3n) is 3.49. The number of halogens is 3. The van der Waals surface area contributed by atoms with E-state index in [1.54, 1.807) is 25.2 Å². The largest absolute Gasteiger partial charge is 0.419 e. The minimum atomic E-state index is -2.86. The van der Waals surface area contributed by atoms with Crippen molar-refractivity contribution in [2.45, 2.75) is 18.4 Å². The zero-order chi connectivity index (χ0) is 15.2. The van der Waals surface area contributed by atoms with Gasteiger partial charge in [-0.15, -0.1) is 12.4 Å². The van der Waals surface area contributed by atoms with E-state index in [4.69, 9.17) is 4.42 Å². The van der Waals surface area contributed by atoms with E-state index >= 15 is 0 Å². The third kappa shape index (κ3) is 2.97. The van der Waals surface area contributed by atoms with Gasteiger partial charge in [0.15, 0.2) is 5.58 Å². The predicted molar refractivity (Wildman–Crippen MR) is 78.7 cm³/mol. The number of fused-ring (bicyclic) bond motifs is 1. The Hall–Kier alpha value is -1.93. The molecule has 1 aliphatic heterocycles. The van der Waals surface area contributed by atoms with Crippen LogP contribution in [0.4, 0.5) is 14.5 Å². The number of hydrogen-bond donors (Lipinski definition) is 2. The molecule has 2 heterocycles. The van der Waals surface area contributed by atoms with Crippen LogP contribution in [-0.4, -0.2) is 29.0 Å². The average molecular weight is 334 g/mol. The normalized spacial score (nSPS) is 19.9. The van der Waals surface area contributed by atoms with Gasteiger partial charge >= 0.3 is 5.76 Å². The molecule has 3 rings (SSSR count). The fraction of sp³-hybridized carbons (Fsp3) is 0.385. The Labute approximate surface area is 129 Å². The molecule has 0 radical (unpaired) electrons. The van der Waals surface area contributed by atoms with Crippen LogP contribution in [0.15, 0.2) is 27.4 Å². The molecule has 120 valence electrons. The second-order valence-electron chi connectivity index (χ2n) is 5.09. The number of alkyl halides is 2. The van der Waals surface area contributed by atoms with Crippen LogP contribution in [0.5, 0.6) is 0 Å². The molecule has 0 aliphatic carbocycles. The summed E-state index contributed by atoms with van der Waals surface area (Å²) >= 11 is 0. The van der Waals surface area contributed by atoms with Crippen molar-refractivity contribution in [1.29, 1.82) is 0 Å². The van der Waals surface area contributed by atoms with Crippen LogP contribution < -0.4 is 16.4 Å². The summed E-state index contributed by atoms with van der Waals surface area (Å²) in [6, 6.07) is 3.73. The van der Waals surface area contributed by atoms with Crippen molar-refractivity contribution in [2.24, 2.45) is 7.05 Å². The first-order chi connectivity index (χ1) is 9.85. The molecule has 6 nitrogen and oxygen atoms in total. The van der Waals surface area contributed by atoms with E-state index in [0.717, 1.165) is 0 Å². The fourth-order valence-corrected chi connectivity index (χ4v) is 2.33. The summed E-state index contributed by atoms with van der Waals surface area (Å²) in [4.78, 5) is 23.3. The van der Waals surface area contributed by atoms with Gasteiger partial charge in [0.05, 0.1) is 18.1 Å². The molecule has 2 N–H and O–H groups in total. The van der Waals surface area contributed by atoms with Crippen molar-refractivity contribution in [3.63, 3.8) is 0 Å². The summed E-state index contributed by atoms with van der Waals surface area (Å²) in [5, 5.41) is 5.04. The highest BCUT2D eigenvalue weighted by Gasteiger charge is 2.42. The lowest BCUT2D eigenvalue weighted by molar-refractivity contribution is -0.118. The summed E-state index contributed by atoms with van der Waals surface area (Å²) in [5.41, 5.74) is 1.33. The van der Waals surface area contributed by atoms with Gasteiger partial charge in [0.2, 0.25) is 5.91 Å². The summed E-state index contributed by atoms with van der Waals surface area (Å²) in [6.07, 6.45) is -0.523. The highest BCUT2D eigenvalue weighted by molar-refractivity contribution is 5.96. The first-order valence-corrected chi connectivity index (χ1v) is 6.37. The molecular weight excluding hydrogens is 320 g/mol. The van der Waals surface area contributed by atoms with Crippen LogP contribution in [0.2, 0.25) is 0 Å². The number of rotatable bonds is 2. The van der Waals surface area contributed by atoms with Crippen LogP contribution in [-0.2, 0) is 11.8 Å². The number of aromatic nitrogens is 1. The highest BCUT2D eigenvalue weighted by Crippen LogP contribution is 2.26. The van der Waals surface area contributed by atoms with Crippen LogP contribution in [0.1, 0.15) is 6.42 Å². The highest BCUT2D eigenvalue weighted by atomic mass is 35.5. The number of nitrogens with one attached hydrogen (secondary N) is 2.